The van der Waals surface area contributed by atoms with Crippen LogP contribution in [0.2, 0.25) is 0 Å². The molecule has 0 N–H and O–H groups in total. The van der Waals surface area contributed by atoms with Crippen molar-refractivity contribution in [3.63, 3.8) is 0 Å². The molecule has 9 rings (SSSR count). The van der Waals surface area contributed by atoms with E-state index in [2.05, 4.69) is 132 Å². The molecule has 1 atom stereocenters. The average molecular weight is 497 g/mol. The standard InChI is InChI=1S/C37H24N2/c1-2-11-30-28(10-1)32(22-39-34-14-4-3-13-33(34)38-37(30)39)24-17-15-23(16-18-24)31-21-27-9-5-7-25-19-20-26-8-6-12-29(31)36(26)35(25)27/h1-21,32H,22H2. The van der Waals surface area contributed by atoms with Crippen molar-refractivity contribution in [3.05, 3.63) is 139 Å². The van der Waals surface area contributed by atoms with E-state index < -0.39 is 0 Å². The van der Waals surface area contributed by atoms with E-state index >= 15 is 0 Å². The van der Waals surface area contributed by atoms with Gasteiger partial charge in [0.2, 0.25) is 0 Å². The van der Waals surface area contributed by atoms with E-state index in [1.54, 1.807) is 0 Å². The molecule has 0 saturated carbocycles. The largest absolute Gasteiger partial charge is 0.323 e. The van der Waals surface area contributed by atoms with Gasteiger partial charge in [-0.2, -0.15) is 0 Å². The van der Waals surface area contributed by atoms with E-state index in [9.17, 15) is 0 Å². The molecule has 39 heavy (non-hydrogen) atoms. The van der Waals surface area contributed by atoms with Gasteiger partial charge in [0.1, 0.15) is 5.82 Å². The van der Waals surface area contributed by atoms with E-state index in [4.69, 9.17) is 4.98 Å². The maximum Gasteiger partial charge on any atom is 0.141 e. The molecule has 2 nitrogen and oxygen atoms in total. The average Bonchev–Trinajstić information content (AvgIpc) is 3.38. The summed E-state index contributed by atoms with van der Waals surface area (Å²) in [5.74, 6) is 1.35. The lowest BCUT2D eigenvalue weighted by atomic mass is 9.84. The van der Waals surface area contributed by atoms with Crippen molar-refractivity contribution in [1.82, 2.24) is 9.55 Å². The van der Waals surface area contributed by atoms with Gasteiger partial charge in [-0.1, -0.05) is 109 Å². The van der Waals surface area contributed by atoms with Crippen LogP contribution < -0.4 is 0 Å². The van der Waals surface area contributed by atoms with Crippen molar-refractivity contribution in [2.24, 2.45) is 0 Å². The number of hydrogen-bond donors (Lipinski definition) is 0. The Kier molecular flexibility index (Phi) is 4.20. The molecule has 0 bridgehead atoms. The smallest absolute Gasteiger partial charge is 0.141 e. The fourth-order valence-corrected chi connectivity index (χ4v) is 6.93. The Bertz CT molecular complexity index is 2200. The number of benzene rings is 7. The predicted molar refractivity (Wildman–Crippen MR) is 163 cm³/mol. The second-order valence-corrected chi connectivity index (χ2v) is 10.8. The number of imidazole rings is 1. The van der Waals surface area contributed by atoms with Crippen molar-refractivity contribution >= 4 is 43.4 Å². The molecule has 0 saturated heterocycles. The minimum absolute atomic E-state index is 0.276. The van der Waals surface area contributed by atoms with Crippen LogP contribution in [-0.4, -0.2) is 9.55 Å². The summed E-state index contributed by atoms with van der Waals surface area (Å²) < 4.78 is 2.40. The molecule has 0 aliphatic carbocycles. The topological polar surface area (TPSA) is 17.8 Å². The van der Waals surface area contributed by atoms with Gasteiger partial charge in [0, 0.05) is 18.0 Å². The van der Waals surface area contributed by atoms with Crippen LogP contribution in [0, 0.1) is 0 Å². The first-order valence-electron chi connectivity index (χ1n) is 13.6. The first-order valence-corrected chi connectivity index (χ1v) is 13.6. The zero-order valence-corrected chi connectivity index (χ0v) is 21.3. The van der Waals surface area contributed by atoms with Gasteiger partial charge in [-0.25, -0.2) is 4.98 Å². The van der Waals surface area contributed by atoms with E-state index in [0.717, 1.165) is 17.9 Å². The molecule has 1 aromatic heterocycles. The van der Waals surface area contributed by atoms with Gasteiger partial charge in [-0.05, 0) is 72.8 Å². The Morgan fingerprint density at radius 1 is 0.590 bits per heavy atom. The van der Waals surface area contributed by atoms with Crippen LogP contribution in [0.15, 0.2) is 127 Å². The molecule has 2 heteroatoms. The number of hydrogen-bond acceptors (Lipinski definition) is 1. The zero-order valence-electron chi connectivity index (χ0n) is 21.3. The van der Waals surface area contributed by atoms with Crippen LogP contribution in [0.4, 0.5) is 0 Å². The highest BCUT2D eigenvalue weighted by molar-refractivity contribution is 6.26. The maximum atomic E-state index is 5.01. The third kappa shape index (κ3) is 2.94. The van der Waals surface area contributed by atoms with Crippen LogP contribution in [-0.2, 0) is 6.54 Å². The first kappa shape index (κ1) is 21.0. The van der Waals surface area contributed by atoms with Crippen LogP contribution in [0.5, 0.6) is 0 Å². The minimum Gasteiger partial charge on any atom is -0.323 e. The van der Waals surface area contributed by atoms with E-state index in [1.807, 2.05) is 0 Å². The summed E-state index contributed by atoms with van der Waals surface area (Å²) in [5, 5.41) is 7.97. The highest BCUT2D eigenvalue weighted by atomic mass is 15.1. The lowest BCUT2D eigenvalue weighted by Crippen LogP contribution is -2.18. The maximum absolute atomic E-state index is 5.01. The van der Waals surface area contributed by atoms with Crippen molar-refractivity contribution < 1.29 is 0 Å². The van der Waals surface area contributed by atoms with Crippen LogP contribution in [0.1, 0.15) is 17.0 Å². The van der Waals surface area contributed by atoms with Crippen LogP contribution in [0.25, 0.3) is 65.9 Å². The van der Waals surface area contributed by atoms with E-state index in [1.165, 1.54) is 65.7 Å². The van der Waals surface area contributed by atoms with Gasteiger partial charge in [0.25, 0.3) is 0 Å². The van der Waals surface area contributed by atoms with Crippen LogP contribution >= 0.6 is 0 Å². The first-order chi connectivity index (χ1) is 19.3. The molecule has 1 unspecified atom stereocenters. The molecule has 0 amide bonds. The summed E-state index contributed by atoms with van der Waals surface area (Å²) in [6.07, 6.45) is 0. The van der Waals surface area contributed by atoms with Crippen molar-refractivity contribution in [1.29, 1.82) is 0 Å². The second-order valence-electron chi connectivity index (χ2n) is 10.8. The van der Waals surface area contributed by atoms with Gasteiger partial charge in [-0.3, -0.25) is 0 Å². The van der Waals surface area contributed by atoms with Gasteiger partial charge < -0.3 is 4.57 Å². The van der Waals surface area contributed by atoms with E-state index in [-0.39, 0.29) is 5.92 Å². The number of para-hydroxylation sites is 2. The highest BCUT2D eigenvalue weighted by Gasteiger charge is 2.28. The number of nitrogens with zero attached hydrogens (tertiary/aromatic N) is 2. The Balaban J connectivity index is 1.20. The van der Waals surface area contributed by atoms with Gasteiger partial charge in [-0.15, -0.1) is 0 Å². The Morgan fingerprint density at radius 3 is 2.23 bits per heavy atom. The Morgan fingerprint density at radius 2 is 1.33 bits per heavy atom. The van der Waals surface area contributed by atoms with Gasteiger partial charge in [0.15, 0.2) is 0 Å². The van der Waals surface area contributed by atoms with Gasteiger partial charge >= 0.3 is 0 Å². The predicted octanol–water partition coefficient (Wildman–Crippen LogP) is 9.41. The lowest BCUT2D eigenvalue weighted by Gasteiger charge is -2.28. The lowest BCUT2D eigenvalue weighted by molar-refractivity contribution is 0.626. The summed E-state index contributed by atoms with van der Waals surface area (Å²) in [4.78, 5) is 5.01. The molecule has 2 heterocycles. The molecule has 7 aromatic carbocycles. The molecule has 0 fully saturated rings. The summed E-state index contributed by atoms with van der Waals surface area (Å²) in [6, 6.07) is 46.8. The Hall–Kier alpha value is -4.95. The number of rotatable bonds is 2. The highest BCUT2D eigenvalue weighted by Crippen LogP contribution is 2.43. The van der Waals surface area contributed by atoms with Crippen molar-refractivity contribution in [3.8, 4) is 22.5 Å². The number of fused-ring (bicyclic) bond motifs is 5. The third-order valence-corrected chi connectivity index (χ3v) is 8.73. The number of aromatic nitrogens is 2. The quantitative estimate of drug-likeness (QED) is 0.218. The molecular weight excluding hydrogens is 472 g/mol. The molecule has 0 spiro atoms. The van der Waals surface area contributed by atoms with Crippen LogP contribution in [0.3, 0.4) is 0 Å². The molecule has 8 aromatic rings. The van der Waals surface area contributed by atoms with Crippen molar-refractivity contribution in [2.75, 3.05) is 0 Å². The Labute approximate surface area is 226 Å². The molecular formula is C37H24N2. The molecule has 0 radical (unpaired) electrons. The van der Waals surface area contributed by atoms with Gasteiger partial charge in [0.05, 0.1) is 11.0 Å². The minimum atomic E-state index is 0.276. The second kappa shape index (κ2) is 7.78. The molecule has 1 aliphatic heterocycles. The van der Waals surface area contributed by atoms with E-state index in [0.29, 0.717) is 0 Å². The fourth-order valence-electron chi connectivity index (χ4n) is 6.93. The summed E-state index contributed by atoms with van der Waals surface area (Å²) in [7, 11) is 0. The zero-order chi connectivity index (χ0) is 25.5. The summed E-state index contributed by atoms with van der Waals surface area (Å²) in [6.45, 7) is 0.892. The SMILES string of the molecule is c1ccc2c(c1)-c1nc3ccccc3n1CC2c1ccc(-c2cc3cccc4ccc5cccc2c5c43)cc1. The normalized spacial score (nSPS) is 14.8. The third-order valence-electron chi connectivity index (χ3n) is 8.73. The fraction of sp³-hybridized carbons (Fsp3) is 0.0541. The summed E-state index contributed by atoms with van der Waals surface area (Å²) in [5.41, 5.74) is 8.76. The van der Waals surface area contributed by atoms with Crippen molar-refractivity contribution in [2.45, 2.75) is 12.5 Å². The summed E-state index contributed by atoms with van der Waals surface area (Å²) >= 11 is 0. The molecule has 1 aliphatic rings. The molecule has 182 valence electrons. The monoisotopic (exact) mass is 496 g/mol.